The molecule has 136 valence electrons. The lowest BCUT2D eigenvalue weighted by molar-refractivity contribution is 0.597. The van der Waals surface area contributed by atoms with E-state index >= 15 is 0 Å². The van der Waals surface area contributed by atoms with Crippen LogP contribution in [0.4, 0.5) is 5.69 Å². The number of sulfonamides is 1. The highest BCUT2D eigenvalue weighted by Gasteiger charge is 2.20. The molecule has 0 heterocycles. The maximum absolute atomic E-state index is 12.1. The van der Waals surface area contributed by atoms with Gasteiger partial charge in [-0.2, -0.15) is 0 Å². The Morgan fingerprint density at radius 3 is 2.04 bits per heavy atom. The topological polar surface area (TPSA) is 97.5 Å². The highest BCUT2D eigenvalue weighted by atomic mass is 35.5. The summed E-state index contributed by atoms with van der Waals surface area (Å²) in [7, 11) is -6.02. The molecule has 0 saturated heterocycles. The minimum Gasteiger partial charge on any atom is -0.369 e. The Labute approximate surface area is 157 Å². The lowest BCUT2D eigenvalue weighted by atomic mass is 10.2. The molecule has 0 aromatic heterocycles. The molecule has 0 bridgehead atoms. The molecule has 0 saturated carbocycles. The average Bonchev–Trinajstić information content (AvgIpc) is 2.43. The number of anilines is 1. The maximum atomic E-state index is 12.1. The molecule has 0 aliphatic rings. The Balaban J connectivity index is 2.50. The van der Waals surface area contributed by atoms with Gasteiger partial charge in [0, 0.05) is 29.9 Å². The van der Waals surface area contributed by atoms with Crippen LogP contribution in [0.3, 0.4) is 0 Å². The van der Waals surface area contributed by atoms with Crippen LogP contribution >= 0.6 is 23.2 Å². The van der Waals surface area contributed by atoms with E-state index in [9.17, 15) is 16.8 Å². The Morgan fingerprint density at radius 2 is 1.56 bits per heavy atom. The first-order valence-corrected chi connectivity index (χ1v) is 11.1. The number of hydrogen-bond acceptors (Lipinski definition) is 5. The Kier molecular flexibility index (Phi) is 5.70. The summed E-state index contributed by atoms with van der Waals surface area (Å²) in [6, 6.07) is 8.74. The van der Waals surface area contributed by atoms with Crippen molar-refractivity contribution in [2.24, 2.45) is 5.14 Å². The SMILES string of the molecule is CN(Cc1cc(Cl)cc(Cl)c1)c1ccc(S(N)(=O)=O)cc1S(C)(=O)=O. The number of nitrogens with zero attached hydrogens (tertiary/aromatic N) is 1. The van der Waals surface area contributed by atoms with Crippen molar-refractivity contribution in [3.8, 4) is 0 Å². The van der Waals surface area contributed by atoms with Crippen LogP contribution in [0.5, 0.6) is 0 Å². The van der Waals surface area contributed by atoms with Crippen LogP contribution in [0, 0.1) is 0 Å². The van der Waals surface area contributed by atoms with Crippen molar-refractivity contribution in [3.63, 3.8) is 0 Å². The van der Waals surface area contributed by atoms with Crippen LogP contribution < -0.4 is 10.0 Å². The molecule has 2 N–H and O–H groups in total. The van der Waals surface area contributed by atoms with E-state index in [1.54, 1.807) is 30.1 Å². The second-order valence-corrected chi connectivity index (χ2v) is 10.00. The third kappa shape index (κ3) is 5.08. The minimum atomic E-state index is -4.02. The van der Waals surface area contributed by atoms with Crippen LogP contribution in [0.15, 0.2) is 46.2 Å². The number of rotatable bonds is 5. The van der Waals surface area contributed by atoms with E-state index in [1.165, 1.54) is 12.1 Å². The number of nitrogens with two attached hydrogens (primary N) is 1. The minimum absolute atomic E-state index is 0.130. The summed E-state index contributed by atoms with van der Waals surface area (Å²) < 4.78 is 47.2. The largest absolute Gasteiger partial charge is 0.369 e. The van der Waals surface area contributed by atoms with Crippen molar-refractivity contribution >= 4 is 48.7 Å². The Hall–Kier alpha value is -1.32. The molecule has 2 aromatic carbocycles. The fraction of sp³-hybridized carbons (Fsp3) is 0.200. The van der Waals surface area contributed by atoms with E-state index in [4.69, 9.17) is 28.3 Å². The van der Waals surface area contributed by atoms with E-state index in [0.29, 0.717) is 22.3 Å². The van der Waals surface area contributed by atoms with Crippen LogP contribution in [-0.2, 0) is 26.4 Å². The van der Waals surface area contributed by atoms with Crippen molar-refractivity contribution in [1.29, 1.82) is 0 Å². The zero-order valence-corrected chi connectivity index (χ0v) is 16.5. The van der Waals surface area contributed by atoms with E-state index in [2.05, 4.69) is 0 Å². The van der Waals surface area contributed by atoms with Crippen LogP contribution in [-0.4, -0.2) is 30.1 Å². The van der Waals surface area contributed by atoms with E-state index in [-0.39, 0.29) is 9.79 Å². The maximum Gasteiger partial charge on any atom is 0.238 e. The van der Waals surface area contributed by atoms with Gasteiger partial charge in [0.1, 0.15) is 0 Å². The van der Waals surface area contributed by atoms with Gasteiger partial charge in [-0.25, -0.2) is 22.0 Å². The summed E-state index contributed by atoms with van der Waals surface area (Å²) in [5, 5.41) is 6.01. The average molecular weight is 423 g/mol. The Bertz CT molecular complexity index is 1000. The highest BCUT2D eigenvalue weighted by Crippen LogP contribution is 2.29. The van der Waals surface area contributed by atoms with Crippen LogP contribution in [0.25, 0.3) is 0 Å². The van der Waals surface area contributed by atoms with E-state index < -0.39 is 19.9 Å². The molecule has 0 aliphatic heterocycles. The molecule has 0 fully saturated rings. The first-order valence-electron chi connectivity index (χ1n) is 6.91. The summed E-state index contributed by atoms with van der Waals surface area (Å²) in [5.74, 6) is 0. The fourth-order valence-electron chi connectivity index (χ4n) is 2.35. The first-order chi connectivity index (χ1) is 11.4. The second kappa shape index (κ2) is 7.13. The molecule has 2 rings (SSSR count). The number of benzene rings is 2. The zero-order chi connectivity index (χ0) is 19.0. The summed E-state index contributed by atoms with van der Waals surface area (Å²) in [6.45, 7) is 0.317. The predicted octanol–water partition coefficient (Wildman–Crippen LogP) is 2.68. The van der Waals surface area contributed by atoms with Gasteiger partial charge in [-0.15, -0.1) is 0 Å². The third-order valence-corrected chi connectivity index (χ3v) is 5.89. The van der Waals surface area contributed by atoms with Crippen LogP contribution in [0.1, 0.15) is 5.56 Å². The van der Waals surface area contributed by atoms with Crippen molar-refractivity contribution < 1.29 is 16.8 Å². The number of sulfone groups is 1. The van der Waals surface area contributed by atoms with Gasteiger partial charge >= 0.3 is 0 Å². The van der Waals surface area contributed by atoms with Crippen molar-refractivity contribution in [2.75, 3.05) is 18.2 Å². The molecule has 0 radical (unpaired) electrons. The fourth-order valence-corrected chi connectivity index (χ4v) is 4.48. The third-order valence-electron chi connectivity index (χ3n) is 3.41. The van der Waals surface area contributed by atoms with Gasteiger partial charge in [0.15, 0.2) is 9.84 Å². The summed E-state index contributed by atoms with van der Waals surface area (Å²) in [4.78, 5) is 1.26. The lowest BCUT2D eigenvalue weighted by Crippen LogP contribution is -2.20. The van der Waals surface area contributed by atoms with Crippen LogP contribution in [0.2, 0.25) is 10.0 Å². The quantitative estimate of drug-likeness (QED) is 0.798. The number of primary sulfonamides is 1. The molecule has 10 heteroatoms. The molecular weight excluding hydrogens is 407 g/mol. The standard InChI is InChI=1S/C15H16Cl2N2O4S2/c1-19(9-10-5-11(16)7-12(17)6-10)14-4-3-13(25(18,22)23)8-15(14)24(2,20)21/h3-8H,9H2,1-2H3,(H2,18,22,23). The molecule has 25 heavy (non-hydrogen) atoms. The smallest absolute Gasteiger partial charge is 0.238 e. The normalized spacial score (nSPS) is 12.2. The predicted molar refractivity (Wildman–Crippen MR) is 99.5 cm³/mol. The van der Waals surface area contributed by atoms with Gasteiger partial charge < -0.3 is 4.90 Å². The molecule has 6 nitrogen and oxygen atoms in total. The lowest BCUT2D eigenvalue weighted by Gasteiger charge is -2.22. The summed E-state index contributed by atoms with van der Waals surface area (Å²) in [6.07, 6.45) is 1.00. The highest BCUT2D eigenvalue weighted by molar-refractivity contribution is 7.91. The number of hydrogen-bond donors (Lipinski definition) is 1. The van der Waals surface area contributed by atoms with Gasteiger partial charge in [-0.3, -0.25) is 0 Å². The van der Waals surface area contributed by atoms with Gasteiger partial charge in [-0.05, 0) is 42.0 Å². The number of halogens is 2. The first kappa shape index (κ1) is 20.0. The molecule has 2 aromatic rings. The van der Waals surface area contributed by atoms with Gasteiger partial charge in [0.05, 0.1) is 15.5 Å². The van der Waals surface area contributed by atoms with Gasteiger partial charge in [0.2, 0.25) is 10.0 Å². The van der Waals surface area contributed by atoms with Crippen molar-refractivity contribution in [2.45, 2.75) is 16.3 Å². The summed E-state index contributed by atoms with van der Waals surface area (Å²) in [5.41, 5.74) is 1.11. The van der Waals surface area contributed by atoms with Crippen molar-refractivity contribution in [3.05, 3.63) is 52.0 Å². The van der Waals surface area contributed by atoms with Gasteiger partial charge in [-0.1, -0.05) is 23.2 Å². The zero-order valence-electron chi connectivity index (χ0n) is 13.4. The second-order valence-electron chi connectivity index (χ2n) is 5.58. The van der Waals surface area contributed by atoms with Gasteiger partial charge in [0.25, 0.3) is 0 Å². The summed E-state index contributed by atoms with van der Waals surface area (Å²) >= 11 is 11.9. The van der Waals surface area contributed by atoms with E-state index in [1.807, 2.05) is 0 Å². The van der Waals surface area contributed by atoms with Crippen molar-refractivity contribution in [1.82, 2.24) is 0 Å². The monoisotopic (exact) mass is 422 g/mol. The molecule has 0 atom stereocenters. The Morgan fingerprint density at radius 1 is 1.00 bits per heavy atom. The molecule has 0 amide bonds. The molecule has 0 aliphatic carbocycles. The molecule has 0 unspecified atom stereocenters. The molecule has 0 spiro atoms. The molecular formula is C15H16Cl2N2O4S2. The van der Waals surface area contributed by atoms with E-state index in [0.717, 1.165) is 17.9 Å².